The molecule has 2 aromatic rings. The van der Waals surface area contributed by atoms with E-state index in [2.05, 4.69) is 66.5 Å². The maximum atomic E-state index is 2.59. The molecule has 1 saturated carbocycles. The number of hydrogen-bond donors (Lipinski definition) is 0. The number of para-hydroxylation sites is 1. The van der Waals surface area contributed by atoms with Gasteiger partial charge in [-0.3, -0.25) is 0 Å². The molecule has 1 atom stereocenters. The Morgan fingerprint density at radius 3 is 2.27 bits per heavy atom. The van der Waals surface area contributed by atoms with Crippen LogP contribution in [0.25, 0.3) is 0 Å². The molecular weight excluding hydrogens is 266 g/mol. The summed E-state index contributed by atoms with van der Waals surface area (Å²) in [7, 11) is 2.31. The summed E-state index contributed by atoms with van der Waals surface area (Å²) in [5.74, 6) is 0.765. The van der Waals surface area contributed by atoms with Crippen LogP contribution >= 0.6 is 0 Å². The monoisotopic (exact) mass is 291 g/mol. The van der Waals surface area contributed by atoms with Crippen LogP contribution in [0.5, 0.6) is 0 Å². The Morgan fingerprint density at radius 2 is 1.55 bits per heavy atom. The Balaban J connectivity index is 1.84. The number of rotatable bonds is 2. The van der Waals surface area contributed by atoms with Crippen LogP contribution in [0.15, 0.2) is 54.6 Å². The van der Waals surface area contributed by atoms with Gasteiger partial charge in [0.05, 0.1) is 5.54 Å². The summed E-state index contributed by atoms with van der Waals surface area (Å²) in [6.45, 7) is 0. The predicted molar refractivity (Wildman–Crippen MR) is 93.2 cm³/mol. The van der Waals surface area contributed by atoms with Crippen molar-refractivity contribution in [3.8, 4) is 0 Å². The number of benzene rings is 2. The normalized spacial score (nSPS) is 25.2. The van der Waals surface area contributed by atoms with E-state index in [1.165, 1.54) is 48.9 Å². The zero-order valence-electron chi connectivity index (χ0n) is 13.5. The van der Waals surface area contributed by atoms with Gasteiger partial charge >= 0.3 is 0 Å². The zero-order valence-corrected chi connectivity index (χ0v) is 13.5. The van der Waals surface area contributed by atoms with Gasteiger partial charge in [0.25, 0.3) is 0 Å². The second-order valence-corrected chi connectivity index (χ2v) is 6.99. The fourth-order valence-corrected chi connectivity index (χ4v) is 4.87. The molecule has 1 aliphatic carbocycles. The number of anilines is 1. The van der Waals surface area contributed by atoms with Gasteiger partial charge < -0.3 is 4.90 Å². The molecule has 0 radical (unpaired) electrons. The molecule has 1 fully saturated rings. The van der Waals surface area contributed by atoms with Crippen LogP contribution in [0, 0.1) is 5.92 Å². The first-order valence-corrected chi connectivity index (χ1v) is 8.69. The summed E-state index contributed by atoms with van der Waals surface area (Å²) in [6, 6.07) is 20.2. The summed E-state index contributed by atoms with van der Waals surface area (Å²) in [4.78, 5) is 2.59. The molecule has 1 unspecified atom stereocenters. The van der Waals surface area contributed by atoms with Crippen molar-refractivity contribution in [1.82, 2.24) is 0 Å². The smallest absolute Gasteiger partial charge is 0.0719 e. The standard InChI is InChI=1S/C21H25N/c1-22-20-15-9-8-10-17(20)16-21(22,18-11-4-2-5-12-18)19-13-6-3-7-14-19/h2,4-5,8-12,15,19H,3,6-7,13-14,16H2,1H3. The van der Waals surface area contributed by atoms with Crippen molar-refractivity contribution < 1.29 is 0 Å². The molecule has 1 heteroatoms. The minimum atomic E-state index is 0.158. The van der Waals surface area contributed by atoms with E-state index in [9.17, 15) is 0 Å². The zero-order chi connectivity index (χ0) is 15.0. The van der Waals surface area contributed by atoms with Gasteiger partial charge in [0, 0.05) is 19.2 Å². The summed E-state index contributed by atoms with van der Waals surface area (Å²) < 4.78 is 0. The van der Waals surface area contributed by atoms with Crippen molar-refractivity contribution in [2.24, 2.45) is 5.92 Å². The minimum absolute atomic E-state index is 0.158. The molecule has 114 valence electrons. The highest BCUT2D eigenvalue weighted by molar-refractivity contribution is 5.63. The Hall–Kier alpha value is -1.76. The molecule has 0 spiro atoms. The van der Waals surface area contributed by atoms with E-state index in [1.807, 2.05) is 0 Å². The van der Waals surface area contributed by atoms with Crippen LogP contribution in [-0.2, 0) is 12.0 Å². The topological polar surface area (TPSA) is 3.24 Å². The lowest BCUT2D eigenvalue weighted by Gasteiger charge is -2.46. The maximum absolute atomic E-state index is 2.59. The predicted octanol–water partition coefficient (Wildman–Crippen LogP) is 5.15. The summed E-state index contributed by atoms with van der Waals surface area (Å²) in [5.41, 5.74) is 4.60. The van der Waals surface area contributed by atoms with Gasteiger partial charge in [0.2, 0.25) is 0 Å². The number of likely N-dealkylation sites (N-methyl/N-ethyl adjacent to an activating group) is 1. The molecule has 1 aliphatic heterocycles. The van der Waals surface area contributed by atoms with E-state index in [-0.39, 0.29) is 5.54 Å². The van der Waals surface area contributed by atoms with E-state index < -0.39 is 0 Å². The Kier molecular flexibility index (Phi) is 3.44. The van der Waals surface area contributed by atoms with E-state index >= 15 is 0 Å². The van der Waals surface area contributed by atoms with Crippen LogP contribution in [-0.4, -0.2) is 7.05 Å². The van der Waals surface area contributed by atoms with Gasteiger partial charge in [-0.2, -0.15) is 0 Å². The fourth-order valence-electron chi connectivity index (χ4n) is 4.87. The third-order valence-electron chi connectivity index (χ3n) is 5.97. The molecule has 1 heterocycles. The van der Waals surface area contributed by atoms with Crippen molar-refractivity contribution in [2.75, 3.05) is 11.9 Å². The lowest BCUT2D eigenvalue weighted by molar-refractivity contribution is 0.206. The van der Waals surface area contributed by atoms with E-state index in [0.717, 1.165) is 12.3 Å². The maximum Gasteiger partial charge on any atom is 0.0719 e. The molecular formula is C21H25N. The molecule has 0 aromatic heterocycles. The van der Waals surface area contributed by atoms with Crippen molar-refractivity contribution in [1.29, 1.82) is 0 Å². The van der Waals surface area contributed by atoms with Crippen molar-refractivity contribution >= 4 is 5.69 Å². The highest BCUT2D eigenvalue weighted by Crippen LogP contribution is 2.52. The molecule has 0 bridgehead atoms. The highest BCUT2D eigenvalue weighted by atomic mass is 15.2. The molecule has 0 saturated heterocycles. The van der Waals surface area contributed by atoms with Crippen LogP contribution in [0.4, 0.5) is 5.69 Å². The molecule has 4 rings (SSSR count). The van der Waals surface area contributed by atoms with Crippen LogP contribution < -0.4 is 4.90 Å². The van der Waals surface area contributed by atoms with Gasteiger partial charge in [-0.05, 0) is 36.0 Å². The SMILES string of the molecule is CN1c2ccccc2CC1(c1ccccc1)C1CCCCC1. The Labute approximate surface area is 134 Å². The first-order chi connectivity index (χ1) is 10.8. The third-order valence-corrected chi connectivity index (χ3v) is 5.97. The second kappa shape index (κ2) is 5.46. The number of fused-ring (bicyclic) bond motifs is 1. The van der Waals surface area contributed by atoms with Gasteiger partial charge in [-0.15, -0.1) is 0 Å². The van der Waals surface area contributed by atoms with Crippen molar-refractivity contribution in [2.45, 2.75) is 44.1 Å². The summed E-state index contributed by atoms with van der Waals surface area (Å²) >= 11 is 0. The molecule has 2 aromatic carbocycles. The molecule has 22 heavy (non-hydrogen) atoms. The van der Waals surface area contributed by atoms with Crippen LogP contribution in [0.1, 0.15) is 43.2 Å². The second-order valence-electron chi connectivity index (χ2n) is 6.99. The highest BCUT2D eigenvalue weighted by Gasteiger charge is 2.48. The Bertz CT molecular complexity index is 642. The quantitative estimate of drug-likeness (QED) is 0.739. The van der Waals surface area contributed by atoms with Crippen molar-refractivity contribution in [3.05, 3.63) is 65.7 Å². The average molecular weight is 291 g/mol. The van der Waals surface area contributed by atoms with E-state index in [1.54, 1.807) is 0 Å². The third kappa shape index (κ3) is 1.99. The molecule has 1 nitrogen and oxygen atoms in total. The number of nitrogens with zero attached hydrogens (tertiary/aromatic N) is 1. The lowest BCUT2D eigenvalue weighted by atomic mass is 9.69. The van der Waals surface area contributed by atoms with Crippen LogP contribution in [0.2, 0.25) is 0 Å². The molecule has 0 amide bonds. The summed E-state index contributed by atoms with van der Waals surface area (Å²) in [6.07, 6.45) is 8.10. The first-order valence-electron chi connectivity index (χ1n) is 8.69. The molecule has 2 aliphatic rings. The van der Waals surface area contributed by atoms with Gasteiger partial charge in [-0.1, -0.05) is 67.8 Å². The Morgan fingerprint density at radius 1 is 0.864 bits per heavy atom. The van der Waals surface area contributed by atoms with Crippen molar-refractivity contribution in [3.63, 3.8) is 0 Å². The fraction of sp³-hybridized carbons (Fsp3) is 0.429. The van der Waals surface area contributed by atoms with Gasteiger partial charge in [0.1, 0.15) is 0 Å². The molecule has 0 N–H and O–H groups in total. The largest absolute Gasteiger partial charge is 0.364 e. The van der Waals surface area contributed by atoms with E-state index in [4.69, 9.17) is 0 Å². The lowest BCUT2D eigenvalue weighted by Crippen LogP contribution is -2.48. The minimum Gasteiger partial charge on any atom is -0.364 e. The first kappa shape index (κ1) is 13.9. The summed E-state index contributed by atoms with van der Waals surface area (Å²) in [5, 5.41) is 0. The van der Waals surface area contributed by atoms with Gasteiger partial charge in [0.15, 0.2) is 0 Å². The van der Waals surface area contributed by atoms with Gasteiger partial charge in [-0.25, -0.2) is 0 Å². The average Bonchev–Trinajstić information content (AvgIpc) is 2.91. The van der Waals surface area contributed by atoms with E-state index in [0.29, 0.717) is 0 Å². The van der Waals surface area contributed by atoms with Crippen LogP contribution in [0.3, 0.4) is 0 Å². The number of hydrogen-bond acceptors (Lipinski definition) is 1.